The first-order chi connectivity index (χ1) is 14.5. The van der Waals surface area contributed by atoms with Gasteiger partial charge in [-0.15, -0.1) is 0 Å². The van der Waals surface area contributed by atoms with Gasteiger partial charge in [-0.05, 0) is 49.4 Å². The Hall–Kier alpha value is -3.68. The van der Waals surface area contributed by atoms with E-state index in [0.29, 0.717) is 36.6 Å². The first kappa shape index (κ1) is 19.6. The van der Waals surface area contributed by atoms with Crippen molar-refractivity contribution in [2.75, 3.05) is 13.1 Å². The number of aromatic carboxylic acids is 1. The van der Waals surface area contributed by atoms with Crippen LogP contribution >= 0.6 is 0 Å². The molecule has 1 saturated heterocycles. The topological polar surface area (TPSA) is 109 Å². The number of likely N-dealkylation sites (tertiary alicyclic amines) is 1. The summed E-state index contributed by atoms with van der Waals surface area (Å²) in [6.07, 6.45) is 9.53. The number of aromatic nitrogens is 4. The number of pyridine rings is 2. The lowest BCUT2D eigenvalue weighted by Gasteiger charge is -2.17. The van der Waals surface area contributed by atoms with Crippen LogP contribution in [-0.2, 0) is 6.42 Å². The molecule has 1 aliphatic heterocycles. The van der Waals surface area contributed by atoms with Gasteiger partial charge in [0.2, 0.25) is 0 Å². The minimum Gasteiger partial charge on any atom is -0.478 e. The SMILES string of the molecule is Cc1nc(-c2cccnc2)ncc1C(=O)N1CCC(Cc2cncc(C(=O)O)c2)C1. The van der Waals surface area contributed by atoms with Crippen molar-refractivity contribution < 1.29 is 14.7 Å². The molecule has 1 aliphatic rings. The molecule has 0 saturated carbocycles. The molecule has 0 spiro atoms. The molecule has 4 heterocycles. The van der Waals surface area contributed by atoms with E-state index in [9.17, 15) is 9.59 Å². The monoisotopic (exact) mass is 403 g/mol. The maximum atomic E-state index is 13.0. The number of amides is 1. The Morgan fingerprint density at radius 3 is 2.80 bits per heavy atom. The first-order valence-electron chi connectivity index (χ1n) is 9.72. The number of aryl methyl sites for hydroxylation is 1. The van der Waals surface area contributed by atoms with Crippen LogP contribution in [0, 0.1) is 12.8 Å². The number of hydrogen-bond donors (Lipinski definition) is 1. The molecule has 3 aromatic rings. The summed E-state index contributed by atoms with van der Waals surface area (Å²) in [4.78, 5) is 42.9. The van der Waals surface area contributed by atoms with E-state index >= 15 is 0 Å². The molecule has 152 valence electrons. The molecule has 3 aromatic heterocycles. The number of carboxylic acids is 1. The number of carbonyl (C=O) groups excluding carboxylic acids is 1. The summed E-state index contributed by atoms with van der Waals surface area (Å²) in [5, 5.41) is 9.12. The van der Waals surface area contributed by atoms with Crippen LogP contribution in [0.3, 0.4) is 0 Å². The zero-order chi connectivity index (χ0) is 21.1. The van der Waals surface area contributed by atoms with Gasteiger partial charge >= 0.3 is 5.97 Å². The van der Waals surface area contributed by atoms with E-state index in [-0.39, 0.29) is 17.4 Å². The molecule has 4 rings (SSSR count). The Morgan fingerprint density at radius 2 is 2.07 bits per heavy atom. The van der Waals surface area contributed by atoms with Crippen molar-refractivity contribution in [1.82, 2.24) is 24.8 Å². The van der Waals surface area contributed by atoms with Gasteiger partial charge in [0.25, 0.3) is 5.91 Å². The maximum Gasteiger partial charge on any atom is 0.337 e. The van der Waals surface area contributed by atoms with Crippen LogP contribution in [0.2, 0.25) is 0 Å². The van der Waals surface area contributed by atoms with Gasteiger partial charge in [-0.3, -0.25) is 14.8 Å². The summed E-state index contributed by atoms with van der Waals surface area (Å²) in [5.41, 5.74) is 2.99. The average Bonchev–Trinajstić information content (AvgIpc) is 3.22. The van der Waals surface area contributed by atoms with Crippen LogP contribution in [0.1, 0.15) is 38.4 Å². The fraction of sp³-hybridized carbons (Fsp3) is 0.273. The van der Waals surface area contributed by atoms with Crippen LogP contribution in [0.25, 0.3) is 11.4 Å². The second-order valence-corrected chi connectivity index (χ2v) is 7.43. The Kier molecular flexibility index (Phi) is 5.47. The van der Waals surface area contributed by atoms with Crippen molar-refractivity contribution in [2.24, 2.45) is 5.92 Å². The van der Waals surface area contributed by atoms with E-state index in [2.05, 4.69) is 19.9 Å². The minimum atomic E-state index is -0.988. The molecule has 0 aliphatic carbocycles. The smallest absolute Gasteiger partial charge is 0.337 e. The quantitative estimate of drug-likeness (QED) is 0.697. The van der Waals surface area contributed by atoms with Crippen LogP contribution < -0.4 is 0 Å². The third kappa shape index (κ3) is 4.17. The third-order valence-electron chi connectivity index (χ3n) is 5.27. The fourth-order valence-corrected chi connectivity index (χ4v) is 3.71. The zero-order valence-corrected chi connectivity index (χ0v) is 16.5. The standard InChI is InChI=1S/C22H21N5O3/c1-14-19(12-25-20(26-14)17-3-2-5-23-10-17)21(28)27-6-4-15(13-27)7-16-8-18(22(29)30)11-24-9-16/h2-3,5,8-12,15H,4,6-7,13H2,1H3,(H,29,30). The Balaban J connectivity index is 1.44. The lowest BCUT2D eigenvalue weighted by molar-refractivity contribution is 0.0695. The Morgan fingerprint density at radius 1 is 1.20 bits per heavy atom. The van der Waals surface area contributed by atoms with Crippen LogP contribution in [-0.4, -0.2) is 54.9 Å². The normalized spacial score (nSPS) is 15.9. The van der Waals surface area contributed by atoms with E-state index in [1.165, 1.54) is 6.20 Å². The van der Waals surface area contributed by atoms with Gasteiger partial charge in [-0.2, -0.15) is 0 Å². The maximum absolute atomic E-state index is 13.0. The number of nitrogens with zero attached hydrogens (tertiary/aromatic N) is 5. The number of rotatable bonds is 5. The van der Waals surface area contributed by atoms with E-state index in [0.717, 1.165) is 17.5 Å². The highest BCUT2D eigenvalue weighted by Crippen LogP contribution is 2.24. The summed E-state index contributed by atoms with van der Waals surface area (Å²) in [6, 6.07) is 5.34. The highest BCUT2D eigenvalue weighted by atomic mass is 16.4. The Bertz CT molecular complexity index is 1090. The van der Waals surface area contributed by atoms with Crippen LogP contribution in [0.4, 0.5) is 0 Å². The number of carboxylic acid groups (broad SMARTS) is 1. The van der Waals surface area contributed by atoms with E-state index in [4.69, 9.17) is 5.11 Å². The van der Waals surface area contributed by atoms with Crippen molar-refractivity contribution >= 4 is 11.9 Å². The van der Waals surface area contributed by atoms with Crippen molar-refractivity contribution in [3.63, 3.8) is 0 Å². The van der Waals surface area contributed by atoms with E-state index in [1.807, 2.05) is 24.0 Å². The van der Waals surface area contributed by atoms with Crippen molar-refractivity contribution in [1.29, 1.82) is 0 Å². The molecule has 0 bridgehead atoms. The minimum absolute atomic E-state index is 0.0786. The van der Waals surface area contributed by atoms with E-state index < -0.39 is 5.97 Å². The highest BCUT2D eigenvalue weighted by molar-refractivity contribution is 5.95. The molecule has 1 unspecified atom stereocenters. The summed E-state index contributed by atoms with van der Waals surface area (Å²) >= 11 is 0. The molecule has 1 N–H and O–H groups in total. The molecular formula is C22H21N5O3. The fourth-order valence-electron chi connectivity index (χ4n) is 3.71. The van der Waals surface area contributed by atoms with Gasteiger partial charge in [-0.25, -0.2) is 14.8 Å². The molecule has 0 radical (unpaired) electrons. The lowest BCUT2D eigenvalue weighted by Crippen LogP contribution is -2.30. The van der Waals surface area contributed by atoms with Gasteiger partial charge in [0.15, 0.2) is 5.82 Å². The van der Waals surface area contributed by atoms with Crippen LogP contribution in [0.5, 0.6) is 0 Å². The van der Waals surface area contributed by atoms with Crippen molar-refractivity contribution in [3.8, 4) is 11.4 Å². The second-order valence-electron chi connectivity index (χ2n) is 7.43. The predicted octanol–water partition coefficient (Wildman–Crippen LogP) is 2.65. The summed E-state index contributed by atoms with van der Waals surface area (Å²) in [6.45, 7) is 3.07. The van der Waals surface area contributed by atoms with Crippen LogP contribution in [0.15, 0.2) is 49.2 Å². The number of carbonyl (C=O) groups is 2. The molecular weight excluding hydrogens is 382 g/mol. The van der Waals surface area contributed by atoms with Crippen molar-refractivity contribution in [2.45, 2.75) is 19.8 Å². The molecule has 1 fully saturated rings. The average molecular weight is 403 g/mol. The molecule has 30 heavy (non-hydrogen) atoms. The van der Waals surface area contributed by atoms with Gasteiger partial charge in [0.1, 0.15) is 0 Å². The molecule has 1 atom stereocenters. The summed E-state index contributed by atoms with van der Waals surface area (Å²) in [7, 11) is 0. The number of hydrogen-bond acceptors (Lipinski definition) is 6. The lowest BCUT2D eigenvalue weighted by atomic mass is 9.99. The van der Waals surface area contributed by atoms with Gasteiger partial charge in [0.05, 0.1) is 16.8 Å². The molecule has 0 aromatic carbocycles. The molecule has 1 amide bonds. The predicted molar refractivity (Wildman–Crippen MR) is 109 cm³/mol. The van der Waals surface area contributed by atoms with Crippen molar-refractivity contribution in [3.05, 3.63) is 71.6 Å². The van der Waals surface area contributed by atoms with Gasteiger partial charge in [0, 0.05) is 49.6 Å². The third-order valence-corrected chi connectivity index (χ3v) is 5.27. The zero-order valence-electron chi connectivity index (χ0n) is 16.5. The van der Waals surface area contributed by atoms with Gasteiger partial charge in [-0.1, -0.05) is 0 Å². The Labute approximate surface area is 173 Å². The largest absolute Gasteiger partial charge is 0.478 e. The summed E-state index contributed by atoms with van der Waals surface area (Å²) < 4.78 is 0. The summed E-state index contributed by atoms with van der Waals surface area (Å²) in [5.74, 6) is -0.263. The second kappa shape index (κ2) is 8.36. The first-order valence-corrected chi connectivity index (χ1v) is 9.72. The van der Waals surface area contributed by atoms with Gasteiger partial charge < -0.3 is 10.0 Å². The molecule has 8 nitrogen and oxygen atoms in total. The molecule has 8 heteroatoms. The van der Waals surface area contributed by atoms with E-state index in [1.54, 1.807) is 30.9 Å². The highest BCUT2D eigenvalue weighted by Gasteiger charge is 2.28.